The maximum absolute atomic E-state index is 13.4. The average molecular weight is 480 g/mol. The highest BCUT2D eigenvalue weighted by Crippen LogP contribution is 2.27. The van der Waals surface area contributed by atoms with E-state index in [0.717, 1.165) is 16.1 Å². The van der Waals surface area contributed by atoms with Gasteiger partial charge in [0.25, 0.3) is 0 Å². The van der Waals surface area contributed by atoms with Crippen molar-refractivity contribution in [3.05, 3.63) is 65.2 Å². The number of nitrogens with zero attached hydrogens (tertiary/aromatic N) is 2. The van der Waals surface area contributed by atoms with E-state index in [2.05, 4.69) is 5.32 Å². The summed E-state index contributed by atoms with van der Waals surface area (Å²) in [7, 11) is -3.81. The normalized spacial score (nSPS) is 12.3. The Kier molecular flexibility index (Phi) is 9.09. The molecule has 9 heteroatoms. The van der Waals surface area contributed by atoms with Crippen LogP contribution >= 0.6 is 11.6 Å². The summed E-state index contributed by atoms with van der Waals surface area (Å²) >= 11 is 6.21. The van der Waals surface area contributed by atoms with Gasteiger partial charge >= 0.3 is 0 Å². The third kappa shape index (κ3) is 7.24. The highest BCUT2D eigenvalue weighted by atomic mass is 35.5. The highest BCUT2D eigenvalue weighted by Gasteiger charge is 2.30. The first-order chi connectivity index (χ1) is 15.0. The van der Waals surface area contributed by atoms with Gasteiger partial charge in [0.05, 0.1) is 17.0 Å². The third-order valence-corrected chi connectivity index (χ3v) is 6.29. The molecule has 0 saturated heterocycles. The molecule has 0 aliphatic heterocycles. The Hall–Kier alpha value is -2.58. The fourth-order valence-corrected chi connectivity index (χ4v) is 4.21. The summed E-state index contributed by atoms with van der Waals surface area (Å²) in [6.07, 6.45) is 1.02. The van der Waals surface area contributed by atoms with Crippen LogP contribution in [0.3, 0.4) is 0 Å². The Morgan fingerprint density at radius 1 is 1.00 bits per heavy atom. The second-order valence-corrected chi connectivity index (χ2v) is 10.4. The van der Waals surface area contributed by atoms with Crippen LogP contribution in [-0.2, 0) is 26.2 Å². The average Bonchev–Trinajstić information content (AvgIpc) is 2.74. The first-order valence-electron chi connectivity index (χ1n) is 10.3. The van der Waals surface area contributed by atoms with Gasteiger partial charge < -0.3 is 10.2 Å². The Bertz CT molecular complexity index is 1030. The van der Waals surface area contributed by atoms with Gasteiger partial charge in [-0.25, -0.2) is 8.42 Å². The zero-order chi connectivity index (χ0) is 23.9. The van der Waals surface area contributed by atoms with E-state index in [1.165, 1.54) is 11.0 Å². The van der Waals surface area contributed by atoms with Crippen molar-refractivity contribution in [3.63, 3.8) is 0 Å². The standard InChI is InChI=1S/C23H30ClN3O4S/c1-17(2)14-25-23(29)18(3)26(15-19-10-6-5-7-11-19)22(28)16-27(32(4,30)31)21-13-9-8-12-20(21)24/h5-13,17-18H,14-16H2,1-4H3,(H,25,29)/t18-/m0/s1. The van der Waals surface area contributed by atoms with E-state index in [9.17, 15) is 18.0 Å². The number of carbonyl (C=O) groups excluding carboxylic acids is 2. The maximum Gasteiger partial charge on any atom is 0.244 e. The van der Waals surface area contributed by atoms with E-state index in [0.29, 0.717) is 6.54 Å². The van der Waals surface area contributed by atoms with Gasteiger partial charge in [0.15, 0.2) is 0 Å². The van der Waals surface area contributed by atoms with Crippen molar-refractivity contribution >= 4 is 39.1 Å². The molecule has 2 rings (SSSR count). The molecule has 0 spiro atoms. The molecule has 1 N–H and O–H groups in total. The first-order valence-corrected chi connectivity index (χ1v) is 12.6. The van der Waals surface area contributed by atoms with Crippen LogP contribution in [0.1, 0.15) is 26.3 Å². The minimum Gasteiger partial charge on any atom is -0.354 e. The van der Waals surface area contributed by atoms with Crippen LogP contribution in [0, 0.1) is 5.92 Å². The number of para-hydroxylation sites is 1. The molecule has 32 heavy (non-hydrogen) atoms. The van der Waals surface area contributed by atoms with Crippen molar-refractivity contribution in [2.24, 2.45) is 5.92 Å². The number of carbonyl (C=O) groups is 2. The molecule has 7 nitrogen and oxygen atoms in total. The Labute approximate surface area is 195 Å². The van der Waals surface area contributed by atoms with Crippen LogP contribution in [-0.4, -0.2) is 50.5 Å². The van der Waals surface area contributed by atoms with Gasteiger partial charge in [-0.3, -0.25) is 13.9 Å². The van der Waals surface area contributed by atoms with E-state index in [1.54, 1.807) is 25.1 Å². The van der Waals surface area contributed by atoms with Crippen molar-refractivity contribution < 1.29 is 18.0 Å². The number of amides is 2. The maximum atomic E-state index is 13.4. The second-order valence-electron chi connectivity index (χ2n) is 8.04. The molecule has 0 aliphatic carbocycles. The second kappa shape index (κ2) is 11.3. The Balaban J connectivity index is 2.35. The van der Waals surface area contributed by atoms with E-state index in [-0.39, 0.29) is 29.1 Å². The van der Waals surface area contributed by atoms with Crippen LogP contribution in [0.25, 0.3) is 0 Å². The molecule has 2 aromatic carbocycles. The monoisotopic (exact) mass is 479 g/mol. The lowest BCUT2D eigenvalue weighted by Crippen LogP contribution is -2.51. The van der Waals surface area contributed by atoms with Crippen LogP contribution in [0.2, 0.25) is 5.02 Å². The Morgan fingerprint density at radius 3 is 2.16 bits per heavy atom. The molecular formula is C23H30ClN3O4S. The van der Waals surface area contributed by atoms with Gasteiger partial charge in [0.2, 0.25) is 21.8 Å². The molecule has 1 atom stereocenters. The van der Waals surface area contributed by atoms with Gasteiger partial charge in [-0.2, -0.15) is 0 Å². The van der Waals surface area contributed by atoms with E-state index in [1.807, 2.05) is 44.2 Å². The summed E-state index contributed by atoms with van der Waals surface area (Å²) < 4.78 is 26.0. The molecule has 0 unspecified atom stereocenters. The predicted octanol–water partition coefficient (Wildman–Crippen LogP) is 3.30. The minimum atomic E-state index is -3.81. The van der Waals surface area contributed by atoms with Crippen molar-refractivity contribution in [1.29, 1.82) is 0 Å². The zero-order valence-corrected chi connectivity index (χ0v) is 20.4. The van der Waals surface area contributed by atoms with Gasteiger partial charge in [-0.15, -0.1) is 0 Å². The SMILES string of the molecule is CC(C)CNC(=O)[C@H](C)N(Cc1ccccc1)C(=O)CN(c1ccccc1Cl)S(C)(=O)=O. The highest BCUT2D eigenvalue weighted by molar-refractivity contribution is 7.92. The topological polar surface area (TPSA) is 86.8 Å². The van der Waals surface area contributed by atoms with Crippen molar-refractivity contribution in [2.75, 3.05) is 23.7 Å². The number of hydrogen-bond donors (Lipinski definition) is 1. The van der Waals surface area contributed by atoms with Crippen LogP contribution in [0.5, 0.6) is 0 Å². The quantitative estimate of drug-likeness (QED) is 0.566. The molecule has 0 aromatic heterocycles. The summed E-state index contributed by atoms with van der Waals surface area (Å²) in [5, 5.41) is 3.05. The molecule has 174 valence electrons. The van der Waals surface area contributed by atoms with Crippen molar-refractivity contribution in [2.45, 2.75) is 33.4 Å². The van der Waals surface area contributed by atoms with Gasteiger partial charge in [-0.1, -0.05) is 67.9 Å². The van der Waals surface area contributed by atoms with E-state index in [4.69, 9.17) is 11.6 Å². The number of sulfonamides is 1. The number of nitrogens with one attached hydrogen (secondary N) is 1. The van der Waals surface area contributed by atoms with Crippen molar-refractivity contribution in [1.82, 2.24) is 10.2 Å². The molecule has 2 amide bonds. The van der Waals surface area contributed by atoms with Gasteiger partial charge in [0, 0.05) is 13.1 Å². The number of rotatable bonds is 10. The number of halogens is 1. The summed E-state index contributed by atoms with van der Waals surface area (Å²) in [6, 6.07) is 14.9. The minimum absolute atomic E-state index is 0.163. The zero-order valence-electron chi connectivity index (χ0n) is 18.8. The largest absolute Gasteiger partial charge is 0.354 e. The summed E-state index contributed by atoms with van der Waals surface area (Å²) in [4.78, 5) is 27.5. The summed E-state index contributed by atoms with van der Waals surface area (Å²) in [5.41, 5.74) is 1.04. The molecule has 0 saturated carbocycles. The molecular weight excluding hydrogens is 450 g/mol. The first kappa shape index (κ1) is 25.7. The Morgan fingerprint density at radius 2 is 1.59 bits per heavy atom. The lowest BCUT2D eigenvalue weighted by Gasteiger charge is -2.31. The number of benzene rings is 2. The molecule has 0 aliphatic rings. The summed E-state index contributed by atoms with van der Waals surface area (Å²) in [6.45, 7) is 5.76. The number of hydrogen-bond acceptors (Lipinski definition) is 4. The molecule has 2 aromatic rings. The predicted molar refractivity (Wildman–Crippen MR) is 128 cm³/mol. The summed E-state index contributed by atoms with van der Waals surface area (Å²) in [5.74, 6) is -0.552. The third-order valence-electron chi connectivity index (χ3n) is 4.85. The van der Waals surface area contributed by atoms with E-state index < -0.39 is 28.5 Å². The van der Waals surface area contributed by atoms with Crippen LogP contribution < -0.4 is 9.62 Å². The molecule has 0 heterocycles. The van der Waals surface area contributed by atoms with E-state index >= 15 is 0 Å². The fourth-order valence-electron chi connectivity index (χ4n) is 3.06. The smallest absolute Gasteiger partial charge is 0.244 e. The molecule has 0 fully saturated rings. The lowest BCUT2D eigenvalue weighted by molar-refractivity contribution is -0.139. The fraction of sp³-hybridized carbons (Fsp3) is 0.391. The molecule has 0 radical (unpaired) electrons. The number of anilines is 1. The van der Waals surface area contributed by atoms with Gasteiger partial charge in [-0.05, 0) is 30.5 Å². The van der Waals surface area contributed by atoms with Crippen molar-refractivity contribution in [3.8, 4) is 0 Å². The van der Waals surface area contributed by atoms with Gasteiger partial charge in [0.1, 0.15) is 12.6 Å². The van der Waals surface area contributed by atoms with Crippen LogP contribution in [0.4, 0.5) is 5.69 Å². The molecule has 0 bridgehead atoms. The lowest BCUT2D eigenvalue weighted by atomic mass is 10.1. The van der Waals surface area contributed by atoms with Crippen LogP contribution in [0.15, 0.2) is 54.6 Å².